The molecule has 0 atom stereocenters. The van der Waals surface area contributed by atoms with E-state index < -0.39 is 11.8 Å². The molecule has 0 radical (unpaired) electrons. The minimum Gasteiger partial charge on any atom is -0.506 e. The van der Waals surface area contributed by atoms with Crippen molar-refractivity contribution in [3.8, 4) is 22.8 Å². The van der Waals surface area contributed by atoms with E-state index in [-0.39, 0.29) is 30.3 Å². The highest BCUT2D eigenvalue weighted by atomic mass is 19.1. The molecule has 0 unspecified atom stereocenters. The summed E-state index contributed by atoms with van der Waals surface area (Å²) in [4.78, 5) is 20.3. The fourth-order valence-corrected chi connectivity index (χ4v) is 3.89. The maximum absolute atomic E-state index is 15.2. The average Bonchev–Trinajstić information content (AvgIpc) is 3.24. The SMILES string of the molecule is CCc1cc(OCC2=NOC(=O)C2)c(F)c(C)c1Cc1ccc(O)c(-c2ccc(F)c(C)c2)n1. The van der Waals surface area contributed by atoms with Crippen molar-refractivity contribution in [3.05, 3.63) is 76.0 Å². The molecule has 2 heterocycles. The Hall–Kier alpha value is -3.81. The lowest BCUT2D eigenvalue weighted by atomic mass is 9.94. The van der Waals surface area contributed by atoms with Crippen LogP contribution in [0.1, 0.15) is 41.3 Å². The zero-order valence-electron chi connectivity index (χ0n) is 19.1. The maximum Gasteiger partial charge on any atom is 0.340 e. The van der Waals surface area contributed by atoms with Crippen LogP contribution in [0, 0.1) is 25.5 Å². The fourth-order valence-electron chi connectivity index (χ4n) is 3.89. The highest BCUT2D eigenvalue weighted by Gasteiger charge is 2.21. The summed E-state index contributed by atoms with van der Waals surface area (Å²) in [6.07, 6.45) is 1.01. The number of oxime groups is 1. The van der Waals surface area contributed by atoms with Gasteiger partial charge in [0.15, 0.2) is 11.6 Å². The molecule has 34 heavy (non-hydrogen) atoms. The number of hydrogen-bond donors (Lipinski definition) is 1. The van der Waals surface area contributed by atoms with Crippen molar-refractivity contribution in [2.45, 2.75) is 40.0 Å². The van der Waals surface area contributed by atoms with Gasteiger partial charge < -0.3 is 14.7 Å². The second-order valence-corrected chi connectivity index (χ2v) is 8.20. The van der Waals surface area contributed by atoms with Gasteiger partial charge in [0.1, 0.15) is 29.6 Å². The lowest BCUT2D eigenvalue weighted by Gasteiger charge is -2.17. The molecule has 176 valence electrons. The van der Waals surface area contributed by atoms with Crippen LogP contribution in [0.25, 0.3) is 11.3 Å². The van der Waals surface area contributed by atoms with Gasteiger partial charge in [0.25, 0.3) is 0 Å². The van der Waals surface area contributed by atoms with Gasteiger partial charge in [-0.1, -0.05) is 12.1 Å². The Balaban J connectivity index is 1.62. The summed E-state index contributed by atoms with van der Waals surface area (Å²) in [6, 6.07) is 9.41. The van der Waals surface area contributed by atoms with E-state index in [9.17, 15) is 14.3 Å². The highest BCUT2D eigenvalue weighted by Crippen LogP contribution is 2.32. The third kappa shape index (κ3) is 4.76. The molecule has 8 heteroatoms. The number of hydrogen-bond acceptors (Lipinski definition) is 6. The molecule has 0 saturated carbocycles. The Kier molecular flexibility index (Phi) is 6.58. The van der Waals surface area contributed by atoms with Gasteiger partial charge in [-0.25, -0.2) is 18.6 Å². The Bertz CT molecular complexity index is 1300. The molecular formula is C26H24F2N2O4. The van der Waals surface area contributed by atoms with Crippen molar-refractivity contribution in [2.24, 2.45) is 5.16 Å². The fraction of sp³-hybridized carbons (Fsp3) is 0.269. The first-order chi connectivity index (χ1) is 16.3. The Morgan fingerprint density at radius 3 is 2.62 bits per heavy atom. The topological polar surface area (TPSA) is 81.0 Å². The third-order valence-electron chi connectivity index (χ3n) is 5.81. The molecule has 1 aromatic heterocycles. The molecule has 3 aromatic rings. The normalized spacial score (nSPS) is 13.1. The first-order valence-corrected chi connectivity index (χ1v) is 10.9. The van der Waals surface area contributed by atoms with Crippen LogP contribution in [0.15, 0.2) is 41.6 Å². The lowest BCUT2D eigenvalue weighted by Crippen LogP contribution is -2.13. The van der Waals surface area contributed by atoms with E-state index in [1.165, 1.54) is 12.1 Å². The molecule has 1 aliphatic heterocycles. The Labute approximate surface area is 195 Å². The molecule has 0 aliphatic carbocycles. The van der Waals surface area contributed by atoms with E-state index in [1.54, 1.807) is 38.1 Å². The van der Waals surface area contributed by atoms with E-state index in [0.29, 0.717) is 46.6 Å². The van der Waals surface area contributed by atoms with Gasteiger partial charge in [0, 0.05) is 17.7 Å². The van der Waals surface area contributed by atoms with E-state index in [0.717, 1.165) is 11.1 Å². The number of rotatable bonds is 7. The molecule has 2 aromatic carbocycles. The summed E-state index contributed by atoms with van der Waals surface area (Å²) in [5, 5.41) is 14.0. The van der Waals surface area contributed by atoms with Crippen LogP contribution in [0.3, 0.4) is 0 Å². The molecule has 0 bridgehead atoms. The number of aryl methyl sites for hydroxylation is 2. The molecular weight excluding hydrogens is 442 g/mol. The number of nitrogens with zero attached hydrogens (tertiary/aromatic N) is 2. The van der Waals surface area contributed by atoms with Crippen LogP contribution in [0.4, 0.5) is 8.78 Å². The van der Waals surface area contributed by atoms with Crippen molar-refractivity contribution in [1.29, 1.82) is 0 Å². The van der Waals surface area contributed by atoms with Gasteiger partial charge in [-0.05, 0) is 78.9 Å². The molecule has 0 spiro atoms. The number of aromatic hydroxyl groups is 1. The summed E-state index contributed by atoms with van der Waals surface area (Å²) in [5.41, 5.74) is 4.53. The number of carbonyl (C=O) groups is 1. The minimum atomic E-state index is -0.494. The van der Waals surface area contributed by atoms with E-state index in [4.69, 9.17) is 4.74 Å². The highest BCUT2D eigenvalue weighted by molar-refractivity contribution is 6.02. The van der Waals surface area contributed by atoms with Crippen LogP contribution in [0.5, 0.6) is 11.5 Å². The first kappa shape index (κ1) is 23.4. The van der Waals surface area contributed by atoms with Crippen LogP contribution in [-0.4, -0.2) is 28.4 Å². The van der Waals surface area contributed by atoms with Gasteiger partial charge in [-0.3, -0.25) is 0 Å². The molecule has 1 aliphatic rings. The van der Waals surface area contributed by atoms with Crippen LogP contribution in [0.2, 0.25) is 0 Å². The zero-order chi connectivity index (χ0) is 24.4. The predicted octanol–water partition coefficient (Wildman–Crippen LogP) is 5.18. The molecule has 1 N–H and O–H groups in total. The molecule has 0 saturated heterocycles. The summed E-state index contributed by atoms with van der Waals surface area (Å²) in [5.74, 6) is -1.22. The monoisotopic (exact) mass is 466 g/mol. The molecule has 0 amide bonds. The van der Waals surface area contributed by atoms with E-state index in [2.05, 4.69) is 15.0 Å². The summed E-state index contributed by atoms with van der Waals surface area (Å²) >= 11 is 0. The second kappa shape index (κ2) is 9.59. The van der Waals surface area contributed by atoms with Gasteiger partial charge >= 0.3 is 5.97 Å². The number of benzene rings is 2. The number of aromatic nitrogens is 1. The first-order valence-electron chi connectivity index (χ1n) is 10.9. The van der Waals surface area contributed by atoms with Gasteiger partial charge in [-0.2, -0.15) is 0 Å². The average molecular weight is 466 g/mol. The number of carbonyl (C=O) groups excluding carboxylic acids is 1. The minimum absolute atomic E-state index is 0.0191. The van der Waals surface area contributed by atoms with Crippen LogP contribution >= 0.6 is 0 Å². The quantitative estimate of drug-likeness (QED) is 0.485. The molecule has 4 rings (SSSR count). The number of ether oxygens (including phenoxy) is 1. The van der Waals surface area contributed by atoms with Gasteiger partial charge in [0.05, 0.1) is 6.42 Å². The second-order valence-electron chi connectivity index (χ2n) is 8.20. The third-order valence-corrected chi connectivity index (χ3v) is 5.81. The summed E-state index contributed by atoms with van der Waals surface area (Å²) in [6.45, 7) is 5.25. The number of halogens is 2. The Morgan fingerprint density at radius 2 is 1.94 bits per heavy atom. The van der Waals surface area contributed by atoms with E-state index in [1.807, 2.05) is 6.92 Å². The zero-order valence-corrected chi connectivity index (χ0v) is 19.1. The van der Waals surface area contributed by atoms with Crippen molar-refractivity contribution < 1.29 is 28.3 Å². The summed E-state index contributed by atoms with van der Waals surface area (Å²) in [7, 11) is 0. The van der Waals surface area contributed by atoms with Crippen molar-refractivity contribution in [3.63, 3.8) is 0 Å². The van der Waals surface area contributed by atoms with Gasteiger partial charge in [-0.15, -0.1) is 0 Å². The largest absolute Gasteiger partial charge is 0.506 e. The predicted molar refractivity (Wildman–Crippen MR) is 123 cm³/mol. The molecule has 0 fully saturated rings. The molecule has 6 nitrogen and oxygen atoms in total. The maximum atomic E-state index is 15.2. The standard InChI is InChI=1S/C26H24F2N2O4/c1-4-16-10-23(33-13-19-12-24(32)34-30-19)25(28)15(3)20(16)11-18-6-8-22(31)26(29-18)17-5-7-21(27)14(2)9-17/h5-10,31H,4,11-13H2,1-3H3. The van der Waals surface area contributed by atoms with Gasteiger partial charge in [0.2, 0.25) is 0 Å². The van der Waals surface area contributed by atoms with E-state index >= 15 is 4.39 Å². The van der Waals surface area contributed by atoms with Crippen molar-refractivity contribution >= 4 is 11.7 Å². The Morgan fingerprint density at radius 1 is 1.15 bits per heavy atom. The number of pyridine rings is 1. The summed E-state index contributed by atoms with van der Waals surface area (Å²) < 4.78 is 34.4. The van der Waals surface area contributed by atoms with Crippen LogP contribution < -0.4 is 4.74 Å². The smallest absolute Gasteiger partial charge is 0.340 e. The van der Waals surface area contributed by atoms with Crippen molar-refractivity contribution in [1.82, 2.24) is 4.98 Å². The van der Waals surface area contributed by atoms with Crippen molar-refractivity contribution in [2.75, 3.05) is 6.61 Å². The lowest BCUT2D eigenvalue weighted by molar-refractivity contribution is -0.140. The van der Waals surface area contributed by atoms with Crippen LogP contribution in [-0.2, 0) is 22.5 Å².